The van der Waals surface area contributed by atoms with Crippen molar-refractivity contribution < 1.29 is 19.0 Å². The monoisotopic (exact) mass is 590 g/mol. The standard InChI is InChI=1S/C35H40ClFN2O3/c1-22(21-42-30-12-17-38-32-29(37)11-10-23(2)31(30)32)18-25-19-24-6-3-4-9-28(24)34(25)13-15-35(16-14-34,33(40)41)39-27-8-5-7-26(36)20-27/h3-9,12,17,20,22-23,25,29,39H,10-11,13-16,18-19,21H2,1-2H3,(H,40,41)/t22-,23-,25?,29+,34?,35?/m1/s1. The average Bonchev–Trinajstić information content (AvgIpc) is 3.27. The van der Waals surface area contributed by atoms with Crippen molar-refractivity contribution in [2.75, 3.05) is 11.9 Å². The number of carboxylic acid groups (broad SMARTS) is 1. The van der Waals surface area contributed by atoms with Gasteiger partial charge in [0, 0.05) is 22.5 Å². The Morgan fingerprint density at radius 1 is 1.14 bits per heavy atom. The third-order valence-electron chi connectivity index (χ3n) is 10.2. The summed E-state index contributed by atoms with van der Waals surface area (Å²) in [5.74, 6) is 0.859. The van der Waals surface area contributed by atoms with Gasteiger partial charge in [-0.3, -0.25) is 4.98 Å². The third-order valence-corrected chi connectivity index (χ3v) is 10.5. The fraction of sp³-hybridized carbons (Fsp3) is 0.486. The Bertz CT molecular complexity index is 1450. The summed E-state index contributed by atoms with van der Waals surface area (Å²) < 4.78 is 21.0. The van der Waals surface area contributed by atoms with Gasteiger partial charge < -0.3 is 15.2 Å². The van der Waals surface area contributed by atoms with E-state index in [1.807, 2.05) is 18.2 Å². The summed E-state index contributed by atoms with van der Waals surface area (Å²) in [6.45, 7) is 4.92. The molecule has 3 aromatic rings. The molecule has 222 valence electrons. The first kappa shape index (κ1) is 29.0. The number of halogens is 2. The van der Waals surface area contributed by atoms with Gasteiger partial charge in [-0.05, 0) is 110 Å². The molecule has 0 bridgehead atoms. The highest BCUT2D eigenvalue weighted by Gasteiger charge is 2.54. The molecule has 0 saturated heterocycles. The van der Waals surface area contributed by atoms with Gasteiger partial charge in [0.05, 0.1) is 12.3 Å². The molecule has 2 N–H and O–H groups in total. The first-order valence-electron chi connectivity index (χ1n) is 15.3. The van der Waals surface area contributed by atoms with Crippen LogP contribution in [-0.2, 0) is 16.6 Å². The number of alkyl halides is 1. The highest BCUT2D eigenvalue weighted by molar-refractivity contribution is 6.30. The third kappa shape index (κ3) is 5.27. The van der Waals surface area contributed by atoms with Crippen LogP contribution in [0.1, 0.15) is 93.3 Å². The Morgan fingerprint density at radius 3 is 2.69 bits per heavy atom. The number of hydrogen-bond donors (Lipinski definition) is 2. The predicted molar refractivity (Wildman–Crippen MR) is 164 cm³/mol. The van der Waals surface area contributed by atoms with Gasteiger partial charge in [-0.2, -0.15) is 0 Å². The maximum atomic E-state index is 14.6. The molecule has 1 unspecified atom stereocenters. The molecule has 4 atom stereocenters. The predicted octanol–water partition coefficient (Wildman–Crippen LogP) is 8.67. The van der Waals surface area contributed by atoms with Gasteiger partial charge >= 0.3 is 5.97 Å². The maximum Gasteiger partial charge on any atom is 0.329 e. The molecule has 3 aliphatic carbocycles. The first-order valence-corrected chi connectivity index (χ1v) is 15.7. The molecule has 1 aromatic heterocycles. The second-order valence-electron chi connectivity index (χ2n) is 12.9. The van der Waals surface area contributed by atoms with E-state index in [1.165, 1.54) is 11.1 Å². The number of nitrogens with zero attached hydrogens (tertiary/aromatic N) is 1. The second kappa shape index (κ2) is 11.5. The number of carboxylic acids is 1. The van der Waals surface area contributed by atoms with Gasteiger partial charge in [0.15, 0.2) is 0 Å². The topological polar surface area (TPSA) is 71.5 Å². The van der Waals surface area contributed by atoms with E-state index in [0.29, 0.717) is 42.5 Å². The molecule has 6 rings (SSSR count). The number of anilines is 1. The van der Waals surface area contributed by atoms with Crippen molar-refractivity contribution >= 4 is 23.3 Å². The van der Waals surface area contributed by atoms with Crippen LogP contribution in [0.4, 0.5) is 10.1 Å². The van der Waals surface area contributed by atoms with E-state index >= 15 is 0 Å². The van der Waals surface area contributed by atoms with Crippen LogP contribution in [0.5, 0.6) is 5.75 Å². The molecule has 0 radical (unpaired) electrons. The lowest BCUT2D eigenvalue weighted by molar-refractivity contribution is -0.144. The van der Waals surface area contributed by atoms with E-state index in [4.69, 9.17) is 16.3 Å². The number of carbonyl (C=O) groups is 1. The van der Waals surface area contributed by atoms with Gasteiger partial charge in [-0.25, -0.2) is 9.18 Å². The van der Waals surface area contributed by atoms with E-state index < -0.39 is 17.7 Å². The fourth-order valence-corrected chi connectivity index (χ4v) is 8.20. The molecule has 1 heterocycles. The van der Waals surface area contributed by atoms with E-state index in [1.54, 1.807) is 18.3 Å². The van der Waals surface area contributed by atoms with Crippen LogP contribution in [0.3, 0.4) is 0 Å². The Morgan fingerprint density at radius 2 is 1.93 bits per heavy atom. The number of aromatic nitrogens is 1. The molecular weight excluding hydrogens is 551 g/mol. The summed E-state index contributed by atoms with van der Waals surface area (Å²) in [5.41, 5.74) is 3.88. The van der Waals surface area contributed by atoms with Gasteiger partial charge in [0.25, 0.3) is 0 Å². The minimum atomic E-state index is -1.03. The molecule has 5 nitrogen and oxygen atoms in total. The van der Waals surface area contributed by atoms with Gasteiger partial charge in [0.2, 0.25) is 0 Å². The van der Waals surface area contributed by atoms with Crippen LogP contribution in [0.2, 0.25) is 5.02 Å². The van der Waals surface area contributed by atoms with Crippen LogP contribution in [0.15, 0.2) is 60.8 Å². The quantitative estimate of drug-likeness (QED) is 0.275. The van der Waals surface area contributed by atoms with Crippen LogP contribution in [0, 0.1) is 11.8 Å². The van der Waals surface area contributed by atoms with Gasteiger partial charge in [-0.15, -0.1) is 0 Å². The molecule has 3 aliphatic rings. The molecule has 1 spiro atoms. The highest BCUT2D eigenvalue weighted by atomic mass is 35.5. The molecule has 0 amide bonds. The summed E-state index contributed by atoms with van der Waals surface area (Å²) >= 11 is 6.21. The molecule has 2 aromatic carbocycles. The second-order valence-corrected chi connectivity index (χ2v) is 13.4. The van der Waals surface area contributed by atoms with E-state index in [0.717, 1.165) is 49.1 Å². The summed E-state index contributed by atoms with van der Waals surface area (Å²) in [4.78, 5) is 17.0. The van der Waals surface area contributed by atoms with Crippen molar-refractivity contribution in [2.45, 2.75) is 88.3 Å². The van der Waals surface area contributed by atoms with Crippen LogP contribution >= 0.6 is 11.6 Å². The Hall–Kier alpha value is -3.12. The van der Waals surface area contributed by atoms with Crippen molar-refractivity contribution in [3.05, 3.63) is 88.2 Å². The Balaban J connectivity index is 1.19. The summed E-state index contributed by atoms with van der Waals surface area (Å²) in [6, 6.07) is 17.9. The molecular formula is C35H40ClFN2O3. The smallest absolute Gasteiger partial charge is 0.329 e. The van der Waals surface area contributed by atoms with E-state index in [-0.39, 0.29) is 17.3 Å². The summed E-state index contributed by atoms with van der Waals surface area (Å²) in [5, 5.41) is 14.4. The number of rotatable bonds is 8. The number of nitrogens with one attached hydrogen (secondary N) is 1. The maximum absolute atomic E-state index is 14.6. The lowest BCUT2D eigenvalue weighted by Crippen LogP contribution is -2.53. The largest absolute Gasteiger partial charge is 0.493 e. The Labute approximate surface area is 252 Å². The lowest BCUT2D eigenvalue weighted by Gasteiger charge is -2.47. The Kier molecular flexibility index (Phi) is 7.95. The van der Waals surface area contributed by atoms with Crippen molar-refractivity contribution in [1.82, 2.24) is 4.98 Å². The zero-order chi connectivity index (χ0) is 29.5. The number of benzene rings is 2. The van der Waals surface area contributed by atoms with Gasteiger partial charge in [0.1, 0.15) is 17.5 Å². The number of aliphatic carboxylic acids is 1. The molecule has 0 aliphatic heterocycles. The minimum absolute atomic E-state index is 0.0639. The average molecular weight is 591 g/mol. The highest BCUT2D eigenvalue weighted by Crippen LogP contribution is 2.56. The number of pyridine rings is 1. The van der Waals surface area contributed by atoms with Crippen LogP contribution in [0.25, 0.3) is 0 Å². The molecule has 7 heteroatoms. The van der Waals surface area contributed by atoms with E-state index in [2.05, 4.69) is 48.4 Å². The van der Waals surface area contributed by atoms with Crippen LogP contribution in [-0.4, -0.2) is 28.2 Å². The van der Waals surface area contributed by atoms with Crippen molar-refractivity contribution in [1.29, 1.82) is 0 Å². The number of fused-ring (bicyclic) bond motifs is 3. The zero-order valence-electron chi connectivity index (χ0n) is 24.4. The van der Waals surface area contributed by atoms with Gasteiger partial charge in [-0.1, -0.05) is 55.8 Å². The minimum Gasteiger partial charge on any atom is -0.493 e. The summed E-state index contributed by atoms with van der Waals surface area (Å²) in [7, 11) is 0. The molecule has 1 fully saturated rings. The van der Waals surface area contributed by atoms with Crippen molar-refractivity contribution in [3.8, 4) is 5.75 Å². The normalized spacial score (nSPS) is 29.0. The summed E-state index contributed by atoms with van der Waals surface area (Å²) in [6.07, 6.45) is 6.61. The fourth-order valence-electron chi connectivity index (χ4n) is 8.01. The van der Waals surface area contributed by atoms with Crippen molar-refractivity contribution in [3.63, 3.8) is 0 Å². The zero-order valence-corrected chi connectivity index (χ0v) is 25.2. The molecule has 1 saturated carbocycles. The number of hydrogen-bond acceptors (Lipinski definition) is 4. The van der Waals surface area contributed by atoms with Crippen LogP contribution < -0.4 is 10.1 Å². The lowest BCUT2D eigenvalue weighted by atomic mass is 9.59. The van der Waals surface area contributed by atoms with E-state index in [9.17, 15) is 14.3 Å². The number of ether oxygens (including phenoxy) is 1. The molecule has 42 heavy (non-hydrogen) atoms. The first-order chi connectivity index (χ1) is 20.2. The van der Waals surface area contributed by atoms with Crippen molar-refractivity contribution in [2.24, 2.45) is 11.8 Å². The SMILES string of the molecule is C[C@@H](COc1ccnc2c1[C@H](C)CC[C@@H]2F)CC1Cc2ccccc2C12CCC(Nc1cccc(Cl)c1)(C(=O)O)CC2.